The Morgan fingerprint density at radius 1 is 1.32 bits per heavy atom. The Bertz CT molecular complexity index is 552. The molecular formula is C12H15Cl2NO3S. The highest BCUT2D eigenvalue weighted by atomic mass is 35.5. The zero-order valence-electron chi connectivity index (χ0n) is 10.6. The zero-order chi connectivity index (χ0) is 14.6. The summed E-state index contributed by atoms with van der Waals surface area (Å²) in [6.45, 7) is 1.63. The Kier molecular flexibility index (Phi) is 5.64. The minimum absolute atomic E-state index is 0.280. The topological polar surface area (TPSA) is 63.2 Å². The summed E-state index contributed by atoms with van der Waals surface area (Å²) in [6.07, 6.45) is 1.48. The maximum Gasteiger partial charge on any atom is 0.238 e. The van der Waals surface area contributed by atoms with Crippen LogP contribution in [0.3, 0.4) is 0 Å². The number of nitrogens with one attached hydrogen (secondary N) is 1. The molecule has 7 heteroatoms. The third kappa shape index (κ3) is 4.67. The predicted molar refractivity (Wildman–Crippen MR) is 77.5 cm³/mol. The molecule has 0 bridgehead atoms. The van der Waals surface area contributed by atoms with Crippen LogP contribution in [0.2, 0.25) is 10.0 Å². The van der Waals surface area contributed by atoms with Crippen LogP contribution >= 0.6 is 23.2 Å². The normalized spacial score (nSPS) is 13.1. The van der Waals surface area contributed by atoms with Crippen LogP contribution in [0.5, 0.6) is 0 Å². The van der Waals surface area contributed by atoms with Gasteiger partial charge in [0.25, 0.3) is 0 Å². The molecule has 0 saturated carbocycles. The van der Waals surface area contributed by atoms with Gasteiger partial charge in [-0.1, -0.05) is 29.3 Å². The third-order valence-corrected chi connectivity index (χ3v) is 4.95. The summed E-state index contributed by atoms with van der Waals surface area (Å²) < 4.78 is 22.4. The minimum Gasteiger partial charge on any atom is -0.355 e. The fraction of sp³-hybridized carbons (Fsp3) is 0.417. The van der Waals surface area contributed by atoms with Crippen LogP contribution in [0.1, 0.15) is 12.5 Å². The van der Waals surface area contributed by atoms with E-state index in [1.165, 1.54) is 6.92 Å². The number of sulfone groups is 1. The Morgan fingerprint density at radius 2 is 1.84 bits per heavy atom. The Hall–Kier alpha value is -0.780. The van der Waals surface area contributed by atoms with Crippen LogP contribution in [0.25, 0.3) is 0 Å². The van der Waals surface area contributed by atoms with Crippen LogP contribution in [-0.2, 0) is 21.1 Å². The molecule has 0 fully saturated rings. The summed E-state index contributed by atoms with van der Waals surface area (Å²) in [6, 6.07) is 5.16. The second kappa shape index (κ2) is 6.59. The lowest BCUT2D eigenvalue weighted by atomic mass is 10.1. The highest BCUT2D eigenvalue weighted by Gasteiger charge is 2.22. The Labute approximate surface area is 123 Å². The van der Waals surface area contributed by atoms with Gasteiger partial charge in [0.05, 0.1) is 0 Å². The van der Waals surface area contributed by atoms with Crippen LogP contribution in [0.15, 0.2) is 18.2 Å². The monoisotopic (exact) mass is 323 g/mol. The summed E-state index contributed by atoms with van der Waals surface area (Å²) in [5.74, 6) is -0.523. The van der Waals surface area contributed by atoms with E-state index in [0.717, 1.165) is 11.8 Å². The molecule has 1 atom stereocenters. The molecule has 0 aliphatic carbocycles. The molecule has 1 aromatic rings. The minimum atomic E-state index is -3.38. The molecule has 4 nitrogen and oxygen atoms in total. The summed E-state index contributed by atoms with van der Waals surface area (Å²) in [5.41, 5.74) is 0.734. The highest BCUT2D eigenvalue weighted by Crippen LogP contribution is 2.24. The summed E-state index contributed by atoms with van der Waals surface area (Å²) >= 11 is 12.0. The van der Waals surface area contributed by atoms with E-state index in [2.05, 4.69) is 5.32 Å². The first-order valence-corrected chi connectivity index (χ1v) is 8.34. The number of hydrogen-bond donors (Lipinski definition) is 1. The molecule has 0 aromatic heterocycles. The van der Waals surface area contributed by atoms with Gasteiger partial charge in [-0.3, -0.25) is 4.79 Å². The average molecular weight is 324 g/mol. The molecule has 0 heterocycles. The Balaban J connectivity index is 2.58. The van der Waals surface area contributed by atoms with Crippen molar-refractivity contribution < 1.29 is 13.2 Å². The standard InChI is InChI=1S/C12H15Cl2NO3S/c1-8(19(2,17)18)12(16)15-7-6-9-10(13)4-3-5-11(9)14/h3-5,8H,6-7H2,1-2H3,(H,15,16). The van der Waals surface area contributed by atoms with Crippen molar-refractivity contribution in [1.29, 1.82) is 0 Å². The van der Waals surface area contributed by atoms with Gasteiger partial charge in [0.1, 0.15) is 5.25 Å². The van der Waals surface area contributed by atoms with Gasteiger partial charge in [0.2, 0.25) is 5.91 Å². The number of benzene rings is 1. The molecule has 0 saturated heterocycles. The van der Waals surface area contributed by atoms with Gasteiger partial charge in [0.15, 0.2) is 9.84 Å². The first-order valence-electron chi connectivity index (χ1n) is 5.63. The van der Waals surface area contributed by atoms with E-state index >= 15 is 0 Å². The smallest absolute Gasteiger partial charge is 0.238 e. The van der Waals surface area contributed by atoms with E-state index in [1.807, 2.05) is 0 Å². The molecule has 1 aromatic carbocycles. The van der Waals surface area contributed by atoms with Gasteiger partial charge >= 0.3 is 0 Å². The first-order chi connectivity index (χ1) is 8.73. The maximum atomic E-state index is 11.6. The zero-order valence-corrected chi connectivity index (χ0v) is 12.9. The number of carbonyl (C=O) groups is 1. The van der Waals surface area contributed by atoms with E-state index < -0.39 is 21.0 Å². The molecule has 0 aliphatic heterocycles. The van der Waals surface area contributed by atoms with Crippen LogP contribution < -0.4 is 5.32 Å². The van der Waals surface area contributed by atoms with Crippen molar-refractivity contribution >= 4 is 38.9 Å². The molecule has 1 rings (SSSR count). The van der Waals surface area contributed by atoms with Gasteiger partial charge in [-0.15, -0.1) is 0 Å². The van der Waals surface area contributed by atoms with Gasteiger partial charge < -0.3 is 5.32 Å². The number of hydrogen-bond acceptors (Lipinski definition) is 3. The van der Waals surface area contributed by atoms with Crippen LogP contribution in [0, 0.1) is 0 Å². The van der Waals surface area contributed by atoms with Crippen molar-refractivity contribution in [1.82, 2.24) is 5.32 Å². The second-order valence-electron chi connectivity index (χ2n) is 4.21. The van der Waals surface area contributed by atoms with Crippen molar-refractivity contribution in [3.05, 3.63) is 33.8 Å². The molecule has 0 aliphatic rings. The first kappa shape index (κ1) is 16.3. The van der Waals surface area contributed by atoms with Gasteiger partial charge in [-0.2, -0.15) is 0 Å². The molecule has 19 heavy (non-hydrogen) atoms. The average Bonchev–Trinajstić information content (AvgIpc) is 2.30. The van der Waals surface area contributed by atoms with E-state index in [1.54, 1.807) is 18.2 Å². The van der Waals surface area contributed by atoms with Crippen molar-refractivity contribution in [3.8, 4) is 0 Å². The van der Waals surface area contributed by atoms with Crippen molar-refractivity contribution in [3.63, 3.8) is 0 Å². The number of carbonyl (C=O) groups excluding carboxylic acids is 1. The molecule has 1 amide bonds. The third-order valence-electron chi connectivity index (χ3n) is 2.75. The largest absolute Gasteiger partial charge is 0.355 e. The fourth-order valence-corrected chi connectivity index (χ4v) is 2.48. The maximum absolute atomic E-state index is 11.6. The molecule has 1 unspecified atom stereocenters. The van der Waals surface area contributed by atoms with Gasteiger partial charge in [0, 0.05) is 22.8 Å². The van der Waals surface area contributed by atoms with Gasteiger partial charge in [-0.25, -0.2) is 8.42 Å². The molecule has 106 valence electrons. The van der Waals surface area contributed by atoms with Crippen LogP contribution in [-0.4, -0.2) is 32.4 Å². The SMILES string of the molecule is CC(C(=O)NCCc1c(Cl)cccc1Cl)S(C)(=O)=O. The molecule has 0 spiro atoms. The van der Waals surface area contributed by atoms with Gasteiger partial charge in [-0.05, 0) is 31.0 Å². The van der Waals surface area contributed by atoms with E-state index in [9.17, 15) is 13.2 Å². The number of amides is 1. The second-order valence-corrected chi connectivity index (χ2v) is 7.39. The lowest BCUT2D eigenvalue weighted by molar-refractivity contribution is -0.120. The summed E-state index contributed by atoms with van der Waals surface area (Å²) in [7, 11) is -3.38. The van der Waals surface area contributed by atoms with Crippen molar-refractivity contribution in [2.75, 3.05) is 12.8 Å². The van der Waals surface area contributed by atoms with Crippen molar-refractivity contribution in [2.45, 2.75) is 18.6 Å². The number of rotatable bonds is 5. The van der Waals surface area contributed by atoms with E-state index in [-0.39, 0.29) is 6.54 Å². The molecule has 0 radical (unpaired) electrons. The Morgan fingerprint density at radius 3 is 2.32 bits per heavy atom. The summed E-state index contributed by atoms with van der Waals surface area (Å²) in [4.78, 5) is 11.6. The predicted octanol–water partition coefficient (Wildman–Crippen LogP) is 2.09. The quantitative estimate of drug-likeness (QED) is 0.902. The summed E-state index contributed by atoms with van der Waals surface area (Å²) in [5, 5.41) is 2.55. The lowest BCUT2D eigenvalue weighted by Crippen LogP contribution is -2.38. The van der Waals surface area contributed by atoms with E-state index in [4.69, 9.17) is 23.2 Å². The highest BCUT2D eigenvalue weighted by molar-refractivity contribution is 7.92. The lowest BCUT2D eigenvalue weighted by Gasteiger charge is -2.11. The molecular weight excluding hydrogens is 309 g/mol. The van der Waals surface area contributed by atoms with Crippen molar-refractivity contribution in [2.24, 2.45) is 0 Å². The fourth-order valence-electron chi connectivity index (χ4n) is 1.42. The number of halogens is 2. The van der Waals surface area contributed by atoms with Crippen LogP contribution in [0.4, 0.5) is 0 Å². The molecule has 1 N–H and O–H groups in total. The van der Waals surface area contributed by atoms with E-state index in [0.29, 0.717) is 16.5 Å².